The molecule has 0 saturated carbocycles. The van der Waals surface area contributed by atoms with E-state index < -0.39 is 0 Å². The van der Waals surface area contributed by atoms with E-state index in [4.69, 9.17) is 13.9 Å². The van der Waals surface area contributed by atoms with Gasteiger partial charge in [0.2, 0.25) is 0 Å². The van der Waals surface area contributed by atoms with Crippen molar-refractivity contribution in [2.75, 3.05) is 20.3 Å². The van der Waals surface area contributed by atoms with Gasteiger partial charge in [-0.05, 0) is 43.3 Å². The monoisotopic (exact) mass is 261 g/mol. The predicted octanol–water partition coefficient (Wildman–Crippen LogP) is 3.02. The van der Waals surface area contributed by atoms with Crippen LogP contribution in [0.1, 0.15) is 18.7 Å². The summed E-state index contributed by atoms with van der Waals surface area (Å²) < 4.78 is 16.0. The lowest BCUT2D eigenvalue weighted by Gasteiger charge is -2.12. The number of methoxy groups -OCH3 is 1. The maximum atomic E-state index is 5.62. The van der Waals surface area contributed by atoms with Crippen LogP contribution in [0.2, 0.25) is 0 Å². The van der Waals surface area contributed by atoms with Crippen molar-refractivity contribution in [3.63, 3.8) is 0 Å². The Balaban J connectivity index is 1.68. The minimum atomic E-state index is 0.189. The fraction of sp³-hybridized carbons (Fsp3) is 0.333. The second-order valence-electron chi connectivity index (χ2n) is 4.22. The highest BCUT2D eigenvalue weighted by Gasteiger charge is 2.06. The second-order valence-corrected chi connectivity index (χ2v) is 4.22. The Morgan fingerprint density at radius 3 is 2.53 bits per heavy atom. The van der Waals surface area contributed by atoms with Crippen molar-refractivity contribution in [3.8, 4) is 11.5 Å². The molecule has 4 nitrogen and oxygen atoms in total. The van der Waals surface area contributed by atoms with Crippen LogP contribution >= 0.6 is 0 Å². The van der Waals surface area contributed by atoms with E-state index in [9.17, 15) is 0 Å². The van der Waals surface area contributed by atoms with Gasteiger partial charge >= 0.3 is 0 Å². The summed E-state index contributed by atoms with van der Waals surface area (Å²) in [6.45, 7) is 3.43. The van der Waals surface area contributed by atoms with Crippen LogP contribution in [0.3, 0.4) is 0 Å². The summed E-state index contributed by atoms with van der Waals surface area (Å²) in [5, 5.41) is 3.33. The molecule has 0 saturated heterocycles. The second kappa shape index (κ2) is 6.85. The summed E-state index contributed by atoms with van der Waals surface area (Å²) in [5.41, 5.74) is 0. The minimum absolute atomic E-state index is 0.189. The van der Waals surface area contributed by atoms with E-state index in [2.05, 4.69) is 12.2 Å². The molecule has 102 valence electrons. The summed E-state index contributed by atoms with van der Waals surface area (Å²) in [6.07, 6.45) is 1.68. The topological polar surface area (TPSA) is 43.6 Å². The zero-order valence-corrected chi connectivity index (χ0v) is 11.3. The Morgan fingerprint density at radius 2 is 1.89 bits per heavy atom. The van der Waals surface area contributed by atoms with Crippen LogP contribution in [0.5, 0.6) is 11.5 Å². The molecule has 0 radical (unpaired) electrons. The minimum Gasteiger partial charge on any atom is -0.497 e. The molecule has 2 aromatic rings. The fourth-order valence-corrected chi connectivity index (χ4v) is 1.75. The molecule has 2 rings (SSSR count). The lowest BCUT2D eigenvalue weighted by atomic mass is 10.2. The highest BCUT2D eigenvalue weighted by molar-refractivity contribution is 5.31. The first-order chi connectivity index (χ1) is 9.29. The smallest absolute Gasteiger partial charge is 0.120 e. The van der Waals surface area contributed by atoms with E-state index in [1.54, 1.807) is 13.4 Å². The third-order valence-corrected chi connectivity index (χ3v) is 2.85. The Labute approximate surface area is 113 Å². The standard InChI is InChI=1S/C15H19NO3/c1-12(15-4-3-10-19-15)16-9-11-18-14-7-5-13(17-2)6-8-14/h3-8,10,12,16H,9,11H2,1-2H3/t12-/m1/s1. The van der Waals surface area contributed by atoms with Crippen molar-refractivity contribution in [2.45, 2.75) is 13.0 Å². The first kappa shape index (κ1) is 13.5. The zero-order valence-electron chi connectivity index (χ0n) is 11.3. The van der Waals surface area contributed by atoms with Crippen LogP contribution in [-0.2, 0) is 0 Å². The van der Waals surface area contributed by atoms with E-state index in [1.165, 1.54) is 0 Å². The van der Waals surface area contributed by atoms with Crippen molar-refractivity contribution >= 4 is 0 Å². The molecule has 0 amide bonds. The van der Waals surface area contributed by atoms with Crippen molar-refractivity contribution in [1.82, 2.24) is 5.32 Å². The number of benzene rings is 1. The van der Waals surface area contributed by atoms with Crippen LogP contribution in [0.25, 0.3) is 0 Å². The molecular weight excluding hydrogens is 242 g/mol. The fourth-order valence-electron chi connectivity index (χ4n) is 1.75. The number of nitrogens with one attached hydrogen (secondary N) is 1. The highest BCUT2D eigenvalue weighted by Crippen LogP contribution is 2.17. The molecule has 0 aliphatic carbocycles. The molecule has 1 N–H and O–H groups in total. The number of hydrogen-bond acceptors (Lipinski definition) is 4. The van der Waals surface area contributed by atoms with E-state index in [1.807, 2.05) is 36.4 Å². The maximum absolute atomic E-state index is 5.62. The molecule has 0 aliphatic rings. The molecule has 0 fully saturated rings. The van der Waals surface area contributed by atoms with Crippen LogP contribution in [0, 0.1) is 0 Å². The third kappa shape index (κ3) is 4.03. The van der Waals surface area contributed by atoms with E-state index >= 15 is 0 Å². The molecule has 0 spiro atoms. The van der Waals surface area contributed by atoms with Crippen LogP contribution < -0.4 is 14.8 Å². The molecule has 4 heteroatoms. The van der Waals surface area contributed by atoms with Crippen molar-refractivity contribution in [2.24, 2.45) is 0 Å². The Morgan fingerprint density at radius 1 is 1.16 bits per heavy atom. The summed E-state index contributed by atoms with van der Waals surface area (Å²) in [6, 6.07) is 11.6. The van der Waals surface area contributed by atoms with Crippen molar-refractivity contribution in [1.29, 1.82) is 0 Å². The summed E-state index contributed by atoms with van der Waals surface area (Å²) in [7, 11) is 1.65. The Kier molecular flexibility index (Phi) is 4.86. The third-order valence-electron chi connectivity index (χ3n) is 2.85. The van der Waals surface area contributed by atoms with Crippen LogP contribution in [0.4, 0.5) is 0 Å². The molecule has 0 unspecified atom stereocenters. The van der Waals surface area contributed by atoms with Crippen molar-refractivity contribution < 1.29 is 13.9 Å². The van der Waals surface area contributed by atoms with Gasteiger partial charge in [-0.25, -0.2) is 0 Å². The van der Waals surface area contributed by atoms with E-state index in [0.29, 0.717) is 6.61 Å². The zero-order chi connectivity index (χ0) is 13.5. The number of ether oxygens (including phenoxy) is 2. The van der Waals surface area contributed by atoms with Gasteiger partial charge in [-0.3, -0.25) is 0 Å². The molecule has 1 aromatic heterocycles. The number of furan rings is 1. The maximum Gasteiger partial charge on any atom is 0.120 e. The molecule has 0 aliphatic heterocycles. The Bertz CT molecular complexity index is 465. The average Bonchev–Trinajstić information content (AvgIpc) is 2.98. The number of rotatable bonds is 7. The van der Waals surface area contributed by atoms with Crippen molar-refractivity contribution in [3.05, 3.63) is 48.4 Å². The SMILES string of the molecule is COc1ccc(OCCN[C@H](C)c2ccco2)cc1. The molecule has 19 heavy (non-hydrogen) atoms. The van der Waals surface area contributed by atoms with Gasteiger partial charge in [0.05, 0.1) is 19.4 Å². The lowest BCUT2D eigenvalue weighted by molar-refractivity contribution is 0.301. The number of hydrogen-bond donors (Lipinski definition) is 1. The van der Waals surface area contributed by atoms with Gasteiger partial charge in [-0.1, -0.05) is 0 Å². The molecular formula is C15H19NO3. The average molecular weight is 261 g/mol. The van der Waals surface area contributed by atoms with Gasteiger partial charge in [-0.2, -0.15) is 0 Å². The van der Waals surface area contributed by atoms with Gasteiger partial charge in [0.1, 0.15) is 23.9 Å². The lowest BCUT2D eigenvalue weighted by Crippen LogP contribution is -2.24. The summed E-state index contributed by atoms with van der Waals surface area (Å²) >= 11 is 0. The normalized spacial score (nSPS) is 12.1. The van der Waals surface area contributed by atoms with E-state index in [-0.39, 0.29) is 6.04 Å². The molecule has 0 bridgehead atoms. The first-order valence-corrected chi connectivity index (χ1v) is 6.33. The van der Waals surface area contributed by atoms with E-state index in [0.717, 1.165) is 23.8 Å². The highest BCUT2D eigenvalue weighted by atomic mass is 16.5. The molecule has 1 aromatic carbocycles. The predicted molar refractivity (Wildman–Crippen MR) is 73.6 cm³/mol. The summed E-state index contributed by atoms with van der Waals surface area (Å²) in [4.78, 5) is 0. The first-order valence-electron chi connectivity index (χ1n) is 6.33. The molecule has 1 heterocycles. The van der Waals surface area contributed by atoms with Gasteiger partial charge < -0.3 is 19.2 Å². The van der Waals surface area contributed by atoms with Crippen LogP contribution in [0.15, 0.2) is 47.1 Å². The van der Waals surface area contributed by atoms with Gasteiger partial charge in [0.15, 0.2) is 0 Å². The Hall–Kier alpha value is -1.94. The van der Waals surface area contributed by atoms with Gasteiger partial charge in [-0.15, -0.1) is 0 Å². The summed E-state index contributed by atoms with van der Waals surface area (Å²) in [5.74, 6) is 2.61. The molecule has 1 atom stereocenters. The van der Waals surface area contributed by atoms with Gasteiger partial charge in [0, 0.05) is 6.54 Å². The van der Waals surface area contributed by atoms with Gasteiger partial charge in [0.25, 0.3) is 0 Å². The largest absolute Gasteiger partial charge is 0.497 e. The van der Waals surface area contributed by atoms with Crippen LogP contribution in [-0.4, -0.2) is 20.3 Å². The quantitative estimate of drug-likeness (QED) is 0.778.